The molecule has 3 aromatic rings. The van der Waals surface area contributed by atoms with Gasteiger partial charge in [0.15, 0.2) is 10.6 Å². The molecule has 0 aliphatic rings. The topological polar surface area (TPSA) is 33.6 Å². The highest BCUT2D eigenvalue weighted by Gasteiger charge is 2.16. The van der Waals surface area contributed by atoms with Gasteiger partial charge in [-0.1, -0.05) is 0 Å². The lowest BCUT2D eigenvalue weighted by Crippen LogP contribution is -2.07. The van der Waals surface area contributed by atoms with Crippen molar-refractivity contribution in [2.45, 2.75) is 13.0 Å². The van der Waals surface area contributed by atoms with Gasteiger partial charge in [-0.05, 0) is 42.9 Å². The minimum atomic E-state index is -0.647. The maximum atomic E-state index is 13.8. The molecule has 0 fully saturated rings. The van der Waals surface area contributed by atoms with Crippen molar-refractivity contribution >= 4 is 23.3 Å². The second-order valence-corrected chi connectivity index (χ2v) is 4.93. The fraction of sp³-hybridized carbons (Fsp3) is 0.143. The number of hydrogen-bond acceptors (Lipinski definition) is 2. The van der Waals surface area contributed by atoms with Gasteiger partial charge in [-0.2, -0.15) is 0 Å². The number of hydrogen-bond donors (Lipinski definition) is 1. The van der Waals surface area contributed by atoms with E-state index in [4.69, 9.17) is 12.2 Å². The Morgan fingerprint density at radius 2 is 1.95 bits per heavy atom. The molecule has 6 heteroatoms. The molecule has 2 heterocycles. The molecule has 1 unspecified atom stereocenters. The molecule has 0 spiro atoms. The Labute approximate surface area is 118 Å². The quantitative estimate of drug-likeness (QED) is 0.724. The smallest absolute Gasteiger partial charge is 0.178 e. The monoisotopic (exact) mass is 291 g/mol. The minimum Gasteiger partial charge on any atom is -0.328 e. The number of imidazole rings is 1. The number of nitrogens with one attached hydrogen (secondary N) is 1. The standard InChI is InChI=1S/C14H11F2N3S/c1-8(9-2-4-17-5-3-9)19-12-7-10(15)6-11(16)13(12)18-14(19)20/h2-8H,1H3,(H,18,20). The maximum absolute atomic E-state index is 13.8. The van der Waals surface area contributed by atoms with Gasteiger partial charge in [-0.25, -0.2) is 8.78 Å². The lowest BCUT2D eigenvalue weighted by atomic mass is 10.1. The van der Waals surface area contributed by atoms with Gasteiger partial charge in [-0.15, -0.1) is 0 Å². The van der Waals surface area contributed by atoms with Crippen molar-refractivity contribution in [1.29, 1.82) is 0 Å². The first-order valence-electron chi connectivity index (χ1n) is 6.07. The van der Waals surface area contributed by atoms with Gasteiger partial charge < -0.3 is 9.55 Å². The number of aromatic nitrogens is 3. The van der Waals surface area contributed by atoms with Crippen molar-refractivity contribution in [3.05, 3.63) is 58.6 Å². The molecule has 0 aliphatic carbocycles. The van der Waals surface area contributed by atoms with Crippen molar-refractivity contribution in [2.24, 2.45) is 0 Å². The van der Waals surface area contributed by atoms with Crippen LogP contribution >= 0.6 is 12.2 Å². The average molecular weight is 291 g/mol. The van der Waals surface area contributed by atoms with E-state index in [-0.39, 0.29) is 11.6 Å². The van der Waals surface area contributed by atoms with Gasteiger partial charge >= 0.3 is 0 Å². The number of fused-ring (bicyclic) bond motifs is 1. The molecule has 1 aromatic carbocycles. The summed E-state index contributed by atoms with van der Waals surface area (Å²) in [7, 11) is 0. The van der Waals surface area contributed by atoms with Crippen LogP contribution in [0.4, 0.5) is 8.78 Å². The van der Waals surface area contributed by atoms with Crippen molar-refractivity contribution in [2.75, 3.05) is 0 Å². The number of pyridine rings is 1. The Hall–Kier alpha value is -2.08. The van der Waals surface area contributed by atoms with Crippen molar-refractivity contribution < 1.29 is 8.78 Å². The molecule has 3 rings (SSSR count). The predicted octanol–water partition coefficient (Wildman–Crippen LogP) is 3.98. The molecule has 0 aliphatic heterocycles. The Morgan fingerprint density at radius 3 is 2.65 bits per heavy atom. The second kappa shape index (κ2) is 4.79. The highest BCUT2D eigenvalue weighted by atomic mass is 32.1. The Balaban J connectivity index is 2.26. The normalized spacial score (nSPS) is 12.8. The van der Waals surface area contributed by atoms with Crippen LogP contribution < -0.4 is 0 Å². The highest BCUT2D eigenvalue weighted by molar-refractivity contribution is 7.71. The number of H-pyrrole nitrogens is 1. The zero-order valence-electron chi connectivity index (χ0n) is 10.6. The Morgan fingerprint density at radius 1 is 1.25 bits per heavy atom. The third-order valence-corrected chi connectivity index (χ3v) is 3.62. The van der Waals surface area contributed by atoms with Gasteiger partial charge in [0.05, 0.1) is 11.6 Å². The number of aromatic amines is 1. The lowest BCUT2D eigenvalue weighted by molar-refractivity contribution is 0.588. The first kappa shape index (κ1) is 12.9. The number of nitrogens with zero attached hydrogens (tertiary/aromatic N) is 2. The average Bonchev–Trinajstić information content (AvgIpc) is 2.76. The van der Waals surface area contributed by atoms with Crippen LogP contribution in [0.2, 0.25) is 0 Å². The summed E-state index contributed by atoms with van der Waals surface area (Å²) in [4.78, 5) is 6.75. The molecule has 1 atom stereocenters. The molecule has 20 heavy (non-hydrogen) atoms. The number of halogens is 2. The van der Waals surface area contributed by atoms with Gasteiger partial charge in [-0.3, -0.25) is 4.98 Å². The third-order valence-electron chi connectivity index (χ3n) is 3.32. The van der Waals surface area contributed by atoms with Crippen LogP contribution in [0.15, 0.2) is 36.7 Å². The molecule has 3 nitrogen and oxygen atoms in total. The first-order valence-corrected chi connectivity index (χ1v) is 6.48. The van der Waals surface area contributed by atoms with Gasteiger partial charge in [0, 0.05) is 18.5 Å². The van der Waals surface area contributed by atoms with Crippen LogP contribution in [0.25, 0.3) is 11.0 Å². The molecule has 0 radical (unpaired) electrons. The summed E-state index contributed by atoms with van der Waals surface area (Å²) in [6, 6.07) is 5.67. The fourth-order valence-corrected chi connectivity index (χ4v) is 2.68. The predicted molar refractivity (Wildman–Crippen MR) is 75.1 cm³/mol. The largest absolute Gasteiger partial charge is 0.328 e. The van der Waals surface area contributed by atoms with Crippen molar-refractivity contribution in [3.63, 3.8) is 0 Å². The molecule has 0 amide bonds. The highest BCUT2D eigenvalue weighted by Crippen LogP contribution is 2.26. The van der Waals surface area contributed by atoms with E-state index in [0.29, 0.717) is 10.3 Å². The summed E-state index contributed by atoms with van der Waals surface area (Å²) in [6.45, 7) is 1.92. The Kier molecular flexibility index (Phi) is 3.10. The summed E-state index contributed by atoms with van der Waals surface area (Å²) >= 11 is 5.23. The summed E-state index contributed by atoms with van der Waals surface area (Å²) < 4.78 is 29.3. The molecule has 2 aromatic heterocycles. The van der Waals surface area contributed by atoms with E-state index >= 15 is 0 Å². The lowest BCUT2D eigenvalue weighted by Gasteiger charge is -2.14. The van der Waals surface area contributed by atoms with Crippen LogP contribution in [0.3, 0.4) is 0 Å². The SMILES string of the molecule is CC(c1ccncc1)n1c(=S)[nH]c2c(F)cc(F)cc21. The molecule has 0 saturated carbocycles. The maximum Gasteiger partial charge on any atom is 0.178 e. The fourth-order valence-electron chi connectivity index (χ4n) is 2.33. The molecule has 0 bridgehead atoms. The van der Waals surface area contributed by atoms with E-state index in [2.05, 4.69) is 9.97 Å². The third kappa shape index (κ3) is 2.02. The number of rotatable bonds is 2. The van der Waals surface area contributed by atoms with Crippen LogP contribution in [0.1, 0.15) is 18.5 Å². The zero-order chi connectivity index (χ0) is 14.3. The van der Waals surface area contributed by atoms with E-state index in [0.717, 1.165) is 11.6 Å². The zero-order valence-corrected chi connectivity index (χ0v) is 11.4. The summed E-state index contributed by atoms with van der Waals surface area (Å²) in [5, 5.41) is 0. The Bertz CT molecular complexity index is 824. The van der Waals surface area contributed by atoms with E-state index in [9.17, 15) is 8.78 Å². The van der Waals surface area contributed by atoms with Crippen LogP contribution in [-0.4, -0.2) is 14.5 Å². The minimum absolute atomic E-state index is 0.152. The molecule has 102 valence electrons. The van der Waals surface area contributed by atoms with E-state index in [1.807, 2.05) is 19.1 Å². The van der Waals surface area contributed by atoms with Crippen LogP contribution in [0.5, 0.6) is 0 Å². The van der Waals surface area contributed by atoms with Crippen molar-refractivity contribution in [3.8, 4) is 0 Å². The number of benzene rings is 1. The van der Waals surface area contributed by atoms with Gasteiger partial charge in [0.25, 0.3) is 0 Å². The molecule has 0 saturated heterocycles. The summed E-state index contributed by atoms with van der Waals surface area (Å²) in [6.07, 6.45) is 3.34. The van der Waals surface area contributed by atoms with E-state index < -0.39 is 11.6 Å². The first-order chi connectivity index (χ1) is 9.58. The van der Waals surface area contributed by atoms with Crippen LogP contribution in [0, 0.1) is 16.4 Å². The second-order valence-electron chi connectivity index (χ2n) is 4.54. The van der Waals surface area contributed by atoms with Gasteiger partial charge in [0.1, 0.15) is 11.3 Å². The summed E-state index contributed by atoms with van der Waals surface area (Å²) in [5.41, 5.74) is 1.59. The molecule has 1 N–H and O–H groups in total. The van der Waals surface area contributed by atoms with Crippen molar-refractivity contribution in [1.82, 2.24) is 14.5 Å². The van der Waals surface area contributed by atoms with Crippen LogP contribution in [-0.2, 0) is 0 Å². The molecular formula is C14H11F2N3S. The van der Waals surface area contributed by atoms with E-state index in [1.165, 1.54) is 6.07 Å². The van der Waals surface area contributed by atoms with Gasteiger partial charge in [0.2, 0.25) is 0 Å². The summed E-state index contributed by atoms with van der Waals surface area (Å²) in [5.74, 6) is -1.27. The van der Waals surface area contributed by atoms with E-state index in [1.54, 1.807) is 17.0 Å². The molecular weight excluding hydrogens is 280 g/mol.